The Hall–Kier alpha value is -3.65. The van der Waals surface area contributed by atoms with E-state index in [1.807, 2.05) is 48.5 Å². The number of hydrogen-bond acceptors (Lipinski definition) is 6. The van der Waals surface area contributed by atoms with Crippen LogP contribution < -0.4 is 15.6 Å². The summed E-state index contributed by atoms with van der Waals surface area (Å²) in [6, 6.07) is 16.7. The van der Waals surface area contributed by atoms with Crippen molar-refractivity contribution in [1.82, 2.24) is 20.2 Å². The van der Waals surface area contributed by atoms with Crippen LogP contribution in [0.1, 0.15) is 52.7 Å². The van der Waals surface area contributed by atoms with E-state index in [0.717, 1.165) is 43.5 Å². The Labute approximate surface area is 192 Å². The van der Waals surface area contributed by atoms with Crippen LogP contribution in [0.5, 0.6) is 11.5 Å². The second-order valence-electron chi connectivity index (χ2n) is 8.09. The maximum absolute atomic E-state index is 12.9. The van der Waals surface area contributed by atoms with Gasteiger partial charge in [-0.1, -0.05) is 48.9 Å². The lowest BCUT2D eigenvalue weighted by molar-refractivity contribution is 0.0941. The monoisotopic (exact) mass is 448 g/mol. The number of aromatic hydroxyl groups is 1. The van der Waals surface area contributed by atoms with Crippen molar-refractivity contribution >= 4 is 5.91 Å². The third kappa shape index (κ3) is 5.23. The molecule has 172 valence electrons. The summed E-state index contributed by atoms with van der Waals surface area (Å²) < 4.78 is 5.21. The fraction of sp³-hybridized carbons (Fsp3) is 0.320. The molecule has 0 aliphatic carbocycles. The number of carbonyl (C=O) groups is 1. The summed E-state index contributed by atoms with van der Waals surface area (Å²) in [7, 11) is 1.57. The molecule has 1 aliphatic heterocycles. The number of piperidine rings is 1. The smallest absolute Gasteiger partial charge is 0.293 e. The highest BCUT2D eigenvalue weighted by molar-refractivity contribution is 5.94. The molecule has 3 aromatic rings. The van der Waals surface area contributed by atoms with Gasteiger partial charge in [-0.25, -0.2) is 4.98 Å². The quantitative estimate of drug-likeness (QED) is 0.513. The van der Waals surface area contributed by atoms with Crippen LogP contribution in [0.2, 0.25) is 0 Å². The first-order valence-corrected chi connectivity index (χ1v) is 11.1. The molecular weight excluding hydrogens is 420 g/mol. The Morgan fingerprint density at radius 2 is 1.91 bits per heavy atom. The first-order valence-electron chi connectivity index (χ1n) is 11.1. The first kappa shape index (κ1) is 22.5. The highest BCUT2D eigenvalue weighted by Gasteiger charge is 2.28. The summed E-state index contributed by atoms with van der Waals surface area (Å²) in [5, 5.41) is 13.1. The molecule has 1 aromatic heterocycles. The summed E-state index contributed by atoms with van der Waals surface area (Å²) in [6.45, 7) is 1.93. The standard InChI is InChI=1S/C25H28N4O4/c1-33-19-12-8-9-17(15-19)16-26-24(31)20-22(30)25(32)28-23(27-20)21(18-10-4-2-5-11-18)29-13-6-3-7-14-29/h2,4-5,8-12,15,21,30H,3,6-7,13-14,16H2,1H3,(H,26,31)(H,27,28,32). The molecule has 33 heavy (non-hydrogen) atoms. The zero-order valence-corrected chi connectivity index (χ0v) is 18.6. The number of ether oxygens (including phenoxy) is 1. The van der Waals surface area contributed by atoms with Gasteiger partial charge in [-0.15, -0.1) is 0 Å². The van der Waals surface area contributed by atoms with Crippen LogP contribution in [0.3, 0.4) is 0 Å². The summed E-state index contributed by atoms with van der Waals surface area (Å²) in [6.07, 6.45) is 3.27. The van der Waals surface area contributed by atoms with Crippen LogP contribution >= 0.6 is 0 Å². The van der Waals surface area contributed by atoms with E-state index in [1.165, 1.54) is 0 Å². The van der Waals surface area contributed by atoms with Crippen molar-refractivity contribution < 1.29 is 14.6 Å². The number of amides is 1. The molecule has 0 radical (unpaired) electrons. The zero-order chi connectivity index (χ0) is 23.2. The zero-order valence-electron chi connectivity index (χ0n) is 18.6. The summed E-state index contributed by atoms with van der Waals surface area (Å²) in [4.78, 5) is 34.9. The summed E-state index contributed by atoms with van der Waals surface area (Å²) in [5.41, 5.74) is 0.776. The molecule has 0 bridgehead atoms. The van der Waals surface area contributed by atoms with Gasteiger partial charge < -0.3 is 20.1 Å². The van der Waals surface area contributed by atoms with Crippen LogP contribution in [0.25, 0.3) is 0 Å². The normalized spacial score (nSPS) is 15.1. The molecule has 1 atom stereocenters. The van der Waals surface area contributed by atoms with Crippen LogP contribution in [0, 0.1) is 0 Å². The number of nitrogens with one attached hydrogen (secondary N) is 2. The summed E-state index contributed by atoms with van der Waals surface area (Å²) >= 11 is 0. The predicted molar refractivity (Wildman–Crippen MR) is 124 cm³/mol. The number of aromatic amines is 1. The lowest BCUT2D eigenvalue weighted by Crippen LogP contribution is -2.37. The number of carbonyl (C=O) groups excluding carboxylic acids is 1. The molecule has 0 saturated carbocycles. The minimum absolute atomic E-state index is 0.202. The van der Waals surface area contributed by atoms with Crippen molar-refractivity contribution in [3.05, 3.63) is 87.6 Å². The van der Waals surface area contributed by atoms with Crippen LogP contribution in [-0.4, -0.2) is 46.1 Å². The molecule has 2 heterocycles. The predicted octanol–water partition coefficient (Wildman–Crippen LogP) is 2.99. The van der Waals surface area contributed by atoms with Gasteiger partial charge in [0.15, 0.2) is 5.69 Å². The molecule has 8 heteroatoms. The van der Waals surface area contributed by atoms with Crippen molar-refractivity contribution in [2.24, 2.45) is 0 Å². The van der Waals surface area contributed by atoms with Gasteiger partial charge in [0.25, 0.3) is 11.5 Å². The van der Waals surface area contributed by atoms with E-state index >= 15 is 0 Å². The van der Waals surface area contributed by atoms with E-state index in [9.17, 15) is 14.7 Å². The number of nitrogens with zero attached hydrogens (tertiary/aromatic N) is 2. The Morgan fingerprint density at radius 1 is 1.15 bits per heavy atom. The molecule has 0 spiro atoms. The average Bonchev–Trinajstić information content (AvgIpc) is 2.86. The number of H-pyrrole nitrogens is 1. The van der Waals surface area contributed by atoms with Gasteiger partial charge >= 0.3 is 0 Å². The Balaban J connectivity index is 1.64. The molecule has 8 nitrogen and oxygen atoms in total. The van der Waals surface area contributed by atoms with Crippen molar-refractivity contribution in [3.63, 3.8) is 0 Å². The molecule has 1 fully saturated rings. The van der Waals surface area contributed by atoms with Gasteiger partial charge in [0.2, 0.25) is 5.75 Å². The average molecular weight is 449 g/mol. The van der Waals surface area contributed by atoms with Crippen LogP contribution in [0.15, 0.2) is 59.4 Å². The number of hydrogen-bond donors (Lipinski definition) is 3. The molecule has 1 saturated heterocycles. The van der Waals surface area contributed by atoms with Crippen molar-refractivity contribution in [3.8, 4) is 11.5 Å². The Morgan fingerprint density at radius 3 is 2.64 bits per heavy atom. The van der Waals surface area contributed by atoms with E-state index in [2.05, 4.69) is 20.2 Å². The van der Waals surface area contributed by atoms with E-state index in [4.69, 9.17) is 4.74 Å². The molecule has 3 N–H and O–H groups in total. The maximum Gasteiger partial charge on any atom is 0.293 e. The molecule has 1 amide bonds. The van der Waals surface area contributed by atoms with E-state index in [0.29, 0.717) is 11.6 Å². The summed E-state index contributed by atoms with van der Waals surface area (Å²) in [5.74, 6) is -0.286. The molecule has 2 aromatic carbocycles. The van der Waals surface area contributed by atoms with Crippen molar-refractivity contribution in [1.29, 1.82) is 0 Å². The van der Waals surface area contributed by atoms with Crippen LogP contribution in [0.4, 0.5) is 0 Å². The van der Waals surface area contributed by atoms with Gasteiger partial charge in [-0.2, -0.15) is 0 Å². The van der Waals surface area contributed by atoms with Gasteiger partial charge in [0.05, 0.1) is 13.2 Å². The number of rotatable bonds is 7. The minimum atomic E-state index is -0.732. The molecular formula is C25H28N4O4. The van der Waals surface area contributed by atoms with E-state index in [1.54, 1.807) is 13.2 Å². The topological polar surface area (TPSA) is 108 Å². The van der Waals surface area contributed by atoms with E-state index < -0.39 is 17.2 Å². The van der Waals surface area contributed by atoms with Gasteiger partial charge in [0, 0.05) is 6.54 Å². The van der Waals surface area contributed by atoms with Gasteiger partial charge in [0.1, 0.15) is 11.6 Å². The SMILES string of the molecule is COc1cccc(CNC(=O)c2nc(C(c3ccccc3)N3CCCCC3)[nH]c(=O)c2O)c1. The van der Waals surface area contributed by atoms with Gasteiger partial charge in [-0.3, -0.25) is 14.5 Å². The Kier molecular flexibility index (Phi) is 7.04. The fourth-order valence-electron chi connectivity index (χ4n) is 4.17. The van der Waals surface area contributed by atoms with Crippen LogP contribution in [-0.2, 0) is 6.54 Å². The third-order valence-corrected chi connectivity index (χ3v) is 5.85. The van der Waals surface area contributed by atoms with Crippen molar-refractivity contribution in [2.45, 2.75) is 31.8 Å². The van der Waals surface area contributed by atoms with Gasteiger partial charge in [-0.05, 0) is 49.2 Å². The van der Waals surface area contributed by atoms with E-state index in [-0.39, 0.29) is 18.3 Å². The maximum atomic E-state index is 12.9. The first-order chi connectivity index (χ1) is 16.1. The molecule has 1 unspecified atom stereocenters. The second kappa shape index (κ2) is 10.3. The number of benzene rings is 2. The Bertz CT molecular complexity index is 1160. The number of aromatic nitrogens is 2. The van der Waals surface area contributed by atoms with Crippen molar-refractivity contribution in [2.75, 3.05) is 20.2 Å². The minimum Gasteiger partial charge on any atom is -0.501 e. The molecule has 1 aliphatic rings. The highest BCUT2D eigenvalue weighted by Crippen LogP contribution is 2.29. The lowest BCUT2D eigenvalue weighted by atomic mass is 10.0. The third-order valence-electron chi connectivity index (χ3n) is 5.85. The lowest BCUT2D eigenvalue weighted by Gasteiger charge is -2.34. The molecule has 4 rings (SSSR count). The second-order valence-corrected chi connectivity index (χ2v) is 8.09. The fourth-order valence-corrected chi connectivity index (χ4v) is 4.17. The largest absolute Gasteiger partial charge is 0.501 e. The number of methoxy groups -OCH3 is 1. The highest BCUT2D eigenvalue weighted by atomic mass is 16.5. The number of likely N-dealkylation sites (tertiary alicyclic amines) is 1.